The number of nitrogens with zero attached hydrogens (tertiary/aromatic N) is 1. The molecule has 0 aliphatic rings. The zero-order chi connectivity index (χ0) is 13.8. The highest BCUT2D eigenvalue weighted by Crippen LogP contribution is 2.29. The molecule has 3 nitrogen and oxygen atoms in total. The molecule has 0 spiro atoms. The molecule has 2 aromatic rings. The number of benzene rings is 1. The van der Waals surface area contributed by atoms with Gasteiger partial charge in [-0.15, -0.1) is 0 Å². The van der Waals surface area contributed by atoms with Gasteiger partial charge >= 0.3 is 0 Å². The number of ether oxygens (including phenoxy) is 1. The van der Waals surface area contributed by atoms with E-state index in [1.807, 2.05) is 6.92 Å². The maximum Gasteiger partial charge on any atom is 0.132 e. The van der Waals surface area contributed by atoms with Crippen LogP contribution < -0.4 is 10.1 Å². The Hall–Kier alpha value is -1.81. The average molecular weight is 281 g/mol. The van der Waals surface area contributed by atoms with Gasteiger partial charge in [-0.25, -0.2) is 9.37 Å². The molecule has 1 aromatic carbocycles. The summed E-state index contributed by atoms with van der Waals surface area (Å²) in [5.41, 5.74) is 0.465. The van der Waals surface area contributed by atoms with Gasteiger partial charge < -0.3 is 10.1 Å². The highest BCUT2D eigenvalue weighted by Gasteiger charge is 2.16. The van der Waals surface area contributed by atoms with Gasteiger partial charge in [-0.2, -0.15) is 0 Å². The summed E-state index contributed by atoms with van der Waals surface area (Å²) in [5, 5.41) is 3.49. The van der Waals surface area contributed by atoms with Crippen molar-refractivity contribution in [2.24, 2.45) is 0 Å². The Morgan fingerprint density at radius 3 is 2.68 bits per heavy atom. The highest BCUT2D eigenvalue weighted by atomic mass is 35.5. The van der Waals surface area contributed by atoms with Crippen molar-refractivity contribution in [1.82, 2.24) is 4.98 Å². The molecule has 1 unspecified atom stereocenters. The molecule has 1 atom stereocenters. The number of methoxy groups -OCH3 is 1. The van der Waals surface area contributed by atoms with E-state index in [2.05, 4.69) is 10.3 Å². The van der Waals surface area contributed by atoms with Crippen LogP contribution in [0.4, 0.5) is 10.2 Å². The summed E-state index contributed by atoms with van der Waals surface area (Å²) in [6, 6.07) is 9.69. The zero-order valence-corrected chi connectivity index (χ0v) is 11.4. The molecular formula is C14H14ClFN2O. The molecule has 0 radical (unpaired) electrons. The van der Waals surface area contributed by atoms with Crippen LogP contribution in [0.1, 0.15) is 18.5 Å². The van der Waals surface area contributed by atoms with Gasteiger partial charge in [0.15, 0.2) is 0 Å². The molecule has 0 saturated heterocycles. The predicted molar refractivity (Wildman–Crippen MR) is 74.2 cm³/mol. The summed E-state index contributed by atoms with van der Waals surface area (Å²) < 4.78 is 19.1. The van der Waals surface area contributed by atoms with Crippen molar-refractivity contribution in [2.75, 3.05) is 12.4 Å². The van der Waals surface area contributed by atoms with E-state index in [4.69, 9.17) is 16.3 Å². The van der Waals surface area contributed by atoms with Crippen molar-refractivity contribution in [1.29, 1.82) is 0 Å². The zero-order valence-electron chi connectivity index (χ0n) is 10.7. The van der Waals surface area contributed by atoms with Crippen molar-refractivity contribution >= 4 is 17.4 Å². The van der Waals surface area contributed by atoms with E-state index >= 15 is 0 Å². The van der Waals surface area contributed by atoms with Crippen molar-refractivity contribution in [3.63, 3.8) is 0 Å². The van der Waals surface area contributed by atoms with Crippen LogP contribution in [0.5, 0.6) is 5.75 Å². The van der Waals surface area contributed by atoms with Gasteiger partial charge in [-0.3, -0.25) is 0 Å². The molecule has 1 aromatic heterocycles. The SMILES string of the molecule is COc1cccc(F)c1C(C)Nc1cccc(Cl)n1. The minimum Gasteiger partial charge on any atom is -0.496 e. The van der Waals surface area contributed by atoms with Crippen LogP contribution in [0.15, 0.2) is 36.4 Å². The van der Waals surface area contributed by atoms with E-state index in [0.29, 0.717) is 22.3 Å². The lowest BCUT2D eigenvalue weighted by Gasteiger charge is -2.18. The third-order valence-corrected chi connectivity index (χ3v) is 2.96. The summed E-state index contributed by atoms with van der Waals surface area (Å²) in [6.07, 6.45) is 0. The Morgan fingerprint density at radius 1 is 1.26 bits per heavy atom. The average Bonchev–Trinajstić information content (AvgIpc) is 2.38. The normalized spacial score (nSPS) is 12.0. The van der Waals surface area contributed by atoms with Crippen molar-refractivity contribution < 1.29 is 9.13 Å². The van der Waals surface area contributed by atoms with Crippen molar-refractivity contribution in [3.8, 4) is 5.75 Å². The molecular weight excluding hydrogens is 267 g/mol. The van der Waals surface area contributed by atoms with Gasteiger partial charge in [-0.1, -0.05) is 23.7 Å². The first-order valence-electron chi connectivity index (χ1n) is 5.83. The van der Waals surface area contributed by atoms with E-state index in [0.717, 1.165) is 0 Å². The van der Waals surface area contributed by atoms with Crippen LogP contribution in [0.3, 0.4) is 0 Å². The first-order chi connectivity index (χ1) is 9.11. The molecule has 0 amide bonds. The standard InChI is InChI=1S/C14H14ClFN2O/c1-9(17-13-8-4-7-12(15)18-13)14-10(16)5-3-6-11(14)19-2/h3-9H,1-2H3,(H,17,18). The summed E-state index contributed by atoms with van der Waals surface area (Å²) in [4.78, 5) is 4.11. The van der Waals surface area contributed by atoms with E-state index < -0.39 is 0 Å². The second-order valence-corrected chi connectivity index (χ2v) is 4.45. The molecule has 5 heteroatoms. The largest absolute Gasteiger partial charge is 0.496 e. The molecule has 100 valence electrons. The van der Waals surface area contributed by atoms with Gasteiger partial charge in [-0.05, 0) is 31.2 Å². The van der Waals surface area contributed by atoms with E-state index in [9.17, 15) is 4.39 Å². The van der Waals surface area contributed by atoms with Gasteiger partial charge in [0.1, 0.15) is 22.5 Å². The summed E-state index contributed by atoms with van der Waals surface area (Å²) in [5.74, 6) is 0.772. The molecule has 0 aliphatic carbocycles. The third-order valence-electron chi connectivity index (χ3n) is 2.75. The molecule has 0 bridgehead atoms. The Labute approximate surface area is 116 Å². The lowest BCUT2D eigenvalue weighted by atomic mass is 10.1. The molecule has 1 heterocycles. The minimum atomic E-state index is -0.318. The van der Waals surface area contributed by atoms with Gasteiger partial charge in [0.25, 0.3) is 0 Å². The lowest BCUT2D eigenvalue weighted by molar-refractivity contribution is 0.402. The lowest BCUT2D eigenvalue weighted by Crippen LogP contribution is -2.11. The monoisotopic (exact) mass is 280 g/mol. The second kappa shape index (κ2) is 5.89. The maximum atomic E-state index is 13.9. The molecule has 1 N–H and O–H groups in total. The third kappa shape index (κ3) is 3.15. The minimum absolute atomic E-state index is 0.290. The molecule has 0 fully saturated rings. The van der Waals surface area contributed by atoms with E-state index in [1.54, 1.807) is 30.3 Å². The summed E-state index contributed by atoms with van der Waals surface area (Å²) in [6.45, 7) is 1.84. The van der Waals surface area contributed by atoms with Crippen LogP contribution in [0.2, 0.25) is 5.15 Å². The first-order valence-corrected chi connectivity index (χ1v) is 6.21. The maximum absolute atomic E-state index is 13.9. The van der Waals surface area contributed by atoms with Gasteiger partial charge in [0.2, 0.25) is 0 Å². The van der Waals surface area contributed by atoms with E-state index in [1.165, 1.54) is 13.2 Å². The van der Waals surface area contributed by atoms with Crippen LogP contribution in [0, 0.1) is 5.82 Å². The smallest absolute Gasteiger partial charge is 0.132 e. The molecule has 2 rings (SSSR count). The second-order valence-electron chi connectivity index (χ2n) is 4.07. The number of hydrogen-bond donors (Lipinski definition) is 1. The number of aromatic nitrogens is 1. The number of halogens is 2. The van der Waals surface area contributed by atoms with Crippen LogP contribution in [-0.4, -0.2) is 12.1 Å². The van der Waals surface area contributed by atoms with Crippen LogP contribution >= 0.6 is 11.6 Å². The predicted octanol–water partition coefficient (Wildman–Crippen LogP) is 4.06. The number of hydrogen-bond acceptors (Lipinski definition) is 3. The van der Waals surface area contributed by atoms with Gasteiger partial charge in [0, 0.05) is 0 Å². The Kier molecular flexibility index (Phi) is 4.22. The van der Waals surface area contributed by atoms with Gasteiger partial charge in [0.05, 0.1) is 18.7 Å². The van der Waals surface area contributed by atoms with Crippen LogP contribution in [-0.2, 0) is 0 Å². The van der Waals surface area contributed by atoms with Crippen LogP contribution in [0.25, 0.3) is 0 Å². The van der Waals surface area contributed by atoms with E-state index in [-0.39, 0.29) is 11.9 Å². The number of pyridine rings is 1. The number of anilines is 1. The number of nitrogens with one attached hydrogen (secondary N) is 1. The van der Waals surface area contributed by atoms with Crippen molar-refractivity contribution in [2.45, 2.75) is 13.0 Å². The fourth-order valence-electron chi connectivity index (χ4n) is 1.90. The Balaban J connectivity index is 2.27. The number of rotatable bonds is 4. The van der Waals surface area contributed by atoms with Crippen molar-refractivity contribution in [3.05, 3.63) is 52.9 Å². The molecule has 0 aliphatic heterocycles. The Morgan fingerprint density at radius 2 is 2.00 bits per heavy atom. The summed E-state index contributed by atoms with van der Waals surface area (Å²) in [7, 11) is 1.52. The topological polar surface area (TPSA) is 34.1 Å². The molecule has 0 saturated carbocycles. The first kappa shape index (κ1) is 13.6. The quantitative estimate of drug-likeness (QED) is 0.858. The summed E-state index contributed by atoms with van der Waals surface area (Å²) >= 11 is 5.81. The molecule has 19 heavy (non-hydrogen) atoms. The fraction of sp³-hybridized carbons (Fsp3) is 0.214. The fourth-order valence-corrected chi connectivity index (χ4v) is 2.06. The highest BCUT2D eigenvalue weighted by molar-refractivity contribution is 6.29. The Bertz CT molecular complexity index is 577.